The molecule has 2 heterocycles. The molecule has 0 spiro atoms. The lowest BCUT2D eigenvalue weighted by atomic mass is 10.1. The van der Waals surface area contributed by atoms with Gasteiger partial charge in [0.15, 0.2) is 0 Å². The molecule has 2 aromatic carbocycles. The van der Waals surface area contributed by atoms with Crippen molar-refractivity contribution in [2.24, 2.45) is 0 Å². The van der Waals surface area contributed by atoms with E-state index in [9.17, 15) is 13.6 Å². The molecule has 0 unspecified atom stereocenters. The average Bonchev–Trinajstić information content (AvgIpc) is 2.71. The van der Waals surface area contributed by atoms with Crippen LogP contribution in [0.15, 0.2) is 73.2 Å². The molecule has 0 bridgehead atoms. The van der Waals surface area contributed by atoms with Gasteiger partial charge in [-0.25, -0.2) is 8.78 Å². The van der Waals surface area contributed by atoms with Crippen LogP contribution in [0.1, 0.15) is 10.4 Å². The number of hydrogen-bond donors (Lipinski definition) is 2. The van der Waals surface area contributed by atoms with Gasteiger partial charge in [-0.1, -0.05) is 24.3 Å². The molecule has 4 rings (SSSR count). The minimum atomic E-state index is -0.739. The topological polar surface area (TPSA) is 66.9 Å². The van der Waals surface area contributed by atoms with Crippen LogP contribution in [0, 0.1) is 11.6 Å². The fraction of sp³-hybridized carbons (Fsp3) is 0. The van der Waals surface area contributed by atoms with E-state index < -0.39 is 17.5 Å². The van der Waals surface area contributed by atoms with Crippen molar-refractivity contribution in [3.8, 4) is 0 Å². The molecule has 2 N–H and O–H groups in total. The predicted molar refractivity (Wildman–Crippen MR) is 104 cm³/mol. The maximum Gasteiger partial charge on any atom is 0.257 e. The number of benzene rings is 2. The van der Waals surface area contributed by atoms with E-state index in [0.717, 1.165) is 17.5 Å². The van der Waals surface area contributed by atoms with Gasteiger partial charge >= 0.3 is 0 Å². The van der Waals surface area contributed by atoms with Crippen LogP contribution >= 0.6 is 0 Å². The second kappa shape index (κ2) is 7.40. The summed E-state index contributed by atoms with van der Waals surface area (Å²) >= 11 is 0. The number of aromatic nitrogens is 2. The molecule has 0 aliphatic rings. The maximum absolute atomic E-state index is 13.8. The highest BCUT2D eigenvalue weighted by atomic mass is 19.1. The largest absolute Gasteiger partial charge is 0.349 e. The highest BCUT2D eigenvalue weighted by Gasteiger charge is 2.12. The molecular weight excluding hydrogens is 362 g/mol. The number of amides is 1. The summed E-state index contributed by atoms with van der Waals surface area (Å²) in [6.07, 6.45) is 4.39. The van der Waals surface area contributed by atoms with Crippen LogP contribution < -0.4 is 10.6 Å². The number of para-hydroxylation sites is 2. The van der Waals surface area contributed by atoms with E-state index in [2.05, 4.69) is 20.6 Å². The van der Waals surface area contributed by atoms with E-state index in [1.54, 1.807) is 12.3 Å². The summed E-state index contributed by atoms with van der Waals surface area (Å²) in [5.74, 6) is -1.89. The van der Waals surface area contributed by atoms with Crippen molar-refractivity contribution in [2.75, 3.05) is 10.6 Å². The molecule has 5 nitrogen and oxygen atoms in total. The Bertz CT molecular complexity index is 1150. The average molecular weight is 376 g/mol. The molecule has 2 aromatic heterocycles. The van der Waals surface area contributed by atoms with Crippen molar-refractivity contribution in [1.82, 2.24) is 9.97 Å². The van der Waals surface area contributed by atoms with Gasteiger partial charge in [-0.15, -0.1) is 0 Å². The molecule has 1 amide bonds. The Morgan fingerprint density at radius 3 is 2.50 bits per heavy atom. The van der Waals surface area contributed by atoms with Crippen LogP contribution in [-0.4, -0.2) is 15.9 Å². The third-order valence-electron chi connectivity index (χ3n) is 4.11. The van der Waals surface area contributed by atoms with Crippen LogP contribution in [0.25, 0.3) is 10.9 Å². The van der Waals surface area contributed by atoms with Gasteiger partial charge < -0.3 is 10.6 Å². The Balaban J connectivity index is 1.59. The predicted octanol–water partition coefficient (Wildman–Crippen LogP) is 4.90. The molecule has 0 aliphatic heterocycles. The standard InChI is InChI=1S/C21H14F2N4O/c22-16-6-2-7-17(23)20(16)26-15-10-14(11-24-12-15)21(28)27-18-8-1-4-13-5-3-9-25-19(13)18/h1-12,26H,(H,27,28). The Hall–Kier alpha value is -3.87. The minimum Gasteiger partial charge on any atom is -0.349 e. The lowest BCUT2D eigenvalue weighted by Gasteiger charge is -2.11. The lowest BCUT2D eigenvalue weighted by molar-refractivity contribution is 0.102. The van der Waals surface area contributed by atoms with Gasteiger partial charge in [0.2, 0.25) is 0 Å². The van der Waals surface area contributed by atoms with Crippen LogP contribution in [-0.2, 0) is 0 Å². The molecular formula is C21H14F2N4O. The molecule has 7 heteroatoms. The van der Waals surface area contributed by atoms with Gasteiger partial charge in [0, 0.05) is 17.8 Å². The van der Waals surface area contributed by atoms with Gasteiger partial charge in [-0.2, -0.15) is 0 Å². The van der Waals surface area contributed by atoms with E-state index in [1.165, 1.54) is 24.5 Å². The highest BCUT2D eigenvalue weighted by molar-refractivity contribution is 6.08. The second-order valence-corrected chi connectivity index (χ2v) is 6.02. The third kappa shape index (κ3) is 3.50. The van der Waals surface area contributed by atoms with Crippen molar-refractivity contribution in [1.29, 1.82) is 0 Å². The van der Waals surface area contributed by atoms with E-state index >= 15 is 0 Å². The number of nitrogens with zero attached hydrogens (tertiary/aromatic N) is 2. The lowest BCUT2D eigenvalue weighted by Crippen LogP contribution is -2.13. The Labute approximate surface area is 159 Å². The number of carbonyl (C=O) groups excluding carboxylic acids is 1. The van der Waals surface area contributed by atoms with E-state index in [-0.39, 0.29) is 16.9 Å². The number of carbonyl (C=O) groups is 1. The van der Waals surface area contributed by atoms with Crippen molar-refractivity contribution >= 4 is 33.9 Å². The van der Waals surface area contributed by atoms with Crippen molar-refractivity contribution in [2.45, 2.75) is 0 Å². The van der Waals surface area contributed by atoms with Gasteiger partial charge in [0.25, 0.3) is 5.91 Å². The number of anilines is 3. The summed E-state index contributed by atoms with van der Waals surface area (Å²) in [5, 5.41) is 6.31. The maximum atomic E-state index is 13.8. The zero-order valence-electron chi connectivity index (χ0n) is 14.5. The van der Waals surface area contributed by atoms with Crippen LogP contribution in [0.4, 0.5) is 25.8 Å². The summed E-state index contributed by atoms with van der Waals surface area (Å²) in [4.78, 5) is 20.9. The molecule has 4 aromatic rings. The molecule has 0 aliphatic carbocycles. The fourth-order valence-electron chi connectivity index (χ4n) is 2.79. The highest BCUT2D eigenvalue weighted by Crippen LogP contribution is 2.24. The van der Waals surface area contributed by atoms with Crippen molar-refractivity contribution < 1.29 is 13.6 Å². The molecule has 0 saturated carbocycles. The summed E-state index contributed by atoms with van der Waals surface area (Å²) in [5.41, 5.74) is 1.43. The Morgan fingerprint density at radius 2 is 1.68 bits per heavy atom. The van der Waals surface area contributed by atoms with Crippen LogP contribution in [0.2, 0.25) is 0 Å². The molecule has 0 fully saturated rings. The van der Waals surface area contributed by atoms with E-state index in [0.29, 0.717) is 11.2 Å². The Kier molecular flexibility index (Phi) is 4.63. The first kappa shape index (κ1) is 17.5. The Morgan fingerprint density at radius 1 is 0.929 bits per heavy atom. The van der Waals surface area contributed by atoms with Crippen LogP contribution in [0.3, 0.4) is 0 Å². The van der Waals surface area contributed by atoms with Gasteiger partial charge in [0.05, 0.1) is 28.7 Å². The number of pyridine rings is 2. The first-order valence-electron chi connectivity index (χ1n) is 8.43. The quantitative estimate of drug-likeness (QED) is 0.531. The zero-order chi connectivity index (χ0) is 19.5. The zero-order valence-corrected chi connectivity index (χ0v) is 14.5. The smallest absolute Gasteiger partial charge is 0.257 e. The van der Waals surface area contributed by atoms with Crippen molar-refractivity contribution in [3.05, 3.63) is 90.4 Å². The third-order valence-corrected chi connectivity index (χ3v) is 4.11. The SMILES string of the molecule is O=C(Nc1cccc2cccnc12)c1cncc(Nc2c(F)cccc2F)c1. The summed E-state index contributed by atoms with van der Waals surface area (Å²) in [6.45, 7) is 0. The summed E-state index contributed by atoms with van der Waals surface area (Å²) in [7, 11) is 0. The fourth-order valence-corrected chi connectivity index (χ4v) is 2.79. The second-order valence-electron chi connectivity index (χ2n) is 6.02. The number of halogens is 2. The first-order chi connectivity index (χ1) is 13.6. The normalized spacial score (nSPS) is 10.6. The van der Waals surface area contributed by atoms with E-state index in [4.69, 9.17) is 0 Å². The number of nitrogens with one attached hydrogen (secondary N) is 2. The molecule has 0 saturated heterocycles. The molecule has 138 valence electrons. The molecule has 0 atom stereocenters. The number of rotatable bonds is 4. The number of hydrogen-bond acceptors (Lipinski definition) is 4. The summed E-state index contributed by atoms with van der Waals surface area (Å²) < 4.78 is 27.6. The summed E-state index contributed by atoms with van der Waals surface area (Å²) in [6, 6.07) is 14.2. The molecule has 28 heavy (non-hydrogen) atoms. The van der Waals surface area contributed by atoms with Crippen molar-refractivity contribution in [3.63, 3.8) is 0 Å². The van der Waals surface area contributed by atoms with Gasteiger partial charge in [0.1, 0.15) is 17.3 Å². The van der Waals surface area contributed by atoms with E-state index in [1.807, 2.05) is 24.3 Å². The van der Waals surface area contributed by atoms with Crippen LogP contribution in [0.5, 0.6) is 0 Å². The molecule has 0 radical (unpaired) electrons. The minimum absolute atomic E-state index is 0.231. The first-order valence-corrected chi connectivity index (χ1v) is 8.43. The monoisotopic (exact) mass is 376 g/mol. The van der Waals surface area contributed by atoms with Gasteiger partial charge in [-0.05, 0) is 30.3 Å². The number of fused-ring (bicyclic) bond motifs is 1. The van der Waals surface area contributed by atoms with Gasteiger partial charge in [-0.3, -0.25) is 14.8 Å².